The van der Waals surface area contributed by atoms with Crippen LogP contribution in [0.25, 0.3) is 0 Å². The maximum atomic E-state index is 12.0. The van der Waals surface area contributed by atoms with Crippen LogP contribution in [0, 0.1) is 0 Å². The van der Waals surface area contributed by atoms with Crippen LogP contribution in [0.3, 0.4) is 0 Å². The molecule has 0 radical (unpaired) electrons. The lowest BCUT2D eigenvalue weighted by Crippen LogP contribution is -2.24. The average molecular weight is 331 g/mol. The lowest BCUT2D eigenvalue weighted by Gasteiger charge is -2.06. The fourth-order valence-corrected chi connectivity index (χ4v) is 3.90. The molecular formula is C13H15ClN2O2S2. The van der Waals surface area contributed by atoms with Gasteiger partial charge in [0.05, 0.1) is 10.1 Å². The Hall–Kier alpha value is -0.920. The van der Waals surface area contributed by atoms with Crippen molar-refractivity contribution in [1.29, 1.82) is 0 Å². The van der Waals surface area contributed by atoms with Gasteiger partial charge in [-0.1, -0.05) is 35.9 Å². The highest BCUT2D eigenvalue weighted by Crippen LogP contribution is 2.21. The van der Waals surface area contributed by atoms with Crippen LogP contribution in [0.4, 0.5) is 0 Å². The topological polar surface area (TPSA) is 72.2 Å². The molecule has 0 spiro atoms. The molecule has 20 heavy (non-hydrogen) atoms. The van der Waals surface area contributed by atoms with Gasteiger partial charge in [0.2, 0.25) is 10.0 Å². The van der Waals surface area contributed by atoms with E-state index in [1.165, 1.54) is 11.3 Å². The summed E-state index contributed by atoms with van der Waals surface area (Å²) in [6.45, 7) is 0.713. The van der Waals surface area contributed by atoms with Gasteiger partial charge in [0.25, 0.3) is 0 Å². The van der Waals surface area contributed by atoms with E-state index >= 15 is 0 Å². The Labute approximate surface area is 127 Å². The molecule has 0 unspecified atom stereocenters. The first-order valence-corrected chi connectivity index (χ1v) is 8.82. The Morgan fingerprint density at radius 2 is 1.75 bits per heavy atom. The second-order valence-electron chi connectivity index (χ2n) is 4.31. The van der Waals surface area contributed by atoms with E-state index in [4.69, 9.17) is 17.3 Å². The van der Waals surface area contributed by atoms with E-state index in [2.05, 4.69) is 4.72 Å². The van der Waals surface area contributed by atoms with Crippen molar-refractivity contribution in [3.8, 4) is 0 Å². The van der Waals surface area contributed by atoms with Gasteiger partial charge in [0.15, 0.2) is 0 Å². The fraction of sp³-hybridized carbons (Fsp3) is 0.231. The number of benzene rings is 1. The largest absolute Gasteiger partial charge is 0.326 e. The summed E-state index contributed by atoms with van der Waals surface area (Å²) in [6, 6.07) is 10.8. The van der Waals surface area contributed by atoms with Crippen LogP contribution in [0.1, 0.15) is 16.0 Å². The molecule has 1 aromatic carbocycles. The molecule has 0 bridgehead atoms. The Bertz CT molecular complexity index is 666. The SMILES string of the molecule is NCc1ccc(CS(=O)(=O)NCc2ccc(Cl)s2)cc1. The van der Waals surface area contributed by atoms with Crippen LogP contribution in [0.5, 0.6) is 0 Å². The highest BCUT2D eigenvalue weighted by molar-refractivity contribution is 7.88. The van der Waals surface area contributed by atoms with E-state index in [0.29, 0.717) is 10.9 Å². The van der Waals surface area contributed by atoms with Crippen LogP contribution >= 0.6 is 22.9 Å². The molecule has 1 heterocycles. The lowest BCUT2D eigenvalue weighted by molar-refractivity contribution is 0.581. The number of nitrogens with two attached hydrogens (primary N) is 1. The molecule has 0 saturated heterocycles. The number of hydrogen-bond donors (Lipinski definition) is 2. The third kappa shape index (κ3) is 4.57. The third-order valence-corrected chi connectivity index (χ3v) is 5.24. The highest BCUT2D eigenvalue weighted by Gasteiger charge is 2.12. The zero-order valence-corrected chi connectivity index (χ0v) is 13.1. The molecular weight excluding hydrogens is 316 g/mol. The third-order valence-electron chi connectivity index (χ3n) is 2.71. The first kappa shape index (κ1) is 15.5. The second kappa shape index (κ2) is 6.69. The standard InChI is InChI=1S/C13H15ClN2O2S2/c14-13-6-5-12(19-13)8-16-20(17,18)9-11-3-1-10(7-15)2-4-11/h1-6,16H,7-9,15H2. The number of halogens is 1. The van der Waals surface area contributed by atoms with Gasteiger partial charge in [-0.2, -0.15) is 0 Å². The number of rotatable bonds is 6. The van der Waals surface area contributed by atoms with Crippen molar-refractivity contribution < 1.29 is 8.42 Å². The summed E-state index contributed by atoms with van der Waals surface area (Å²) in [7, 11) is -3.36. The van der Waals surface area contributed by atoms with E-state index in [0.717, 1.165) is 16.0 Å². The van der Waals surface area contributed by atoms with Crippen molar-refractivity contribution in [3.63, 3.8) is 0 Å². The molecule has 2 aromatic rings. The minimum Gasteiger partial charge on any atom is -0.326 e. The van der Waals surface area contributed by atoms with Gasteiger partial charge in [-0.3, -0.25) is 0 Å². The molecule has 4 nitrogen and oxygen atoms in total. The summed E-state index contributed by atoms with van der Waals surface area (Å²) in [5.74, 6) is -0.0447. The Morgan fingerprint density at radius 1 is 1.10 bits per heavy atom. The lowest BCUT2D eigenvalue weighted by atomic mass is 10.1. The van der Waals surface area contributed by atoms with Gasteiger partial charge >= 0.3 is 0 Å². The van der Waals surface area contributed by atoms with Gasteiger partial charge in [-0.15, -0.1) is 11.3 Å². The first-order valence-electron chi connectivity index (χ1n) is 5.98. The van der Waals surface area contributed by atoms with E-state index in [9.17, 15) is 8.42 Å². The summed E-state index contributed by atoms with van der Waals surface area (Å²) < 4.78 is 27.2. The first-order chi connectivity index (χ1) is 9.48. The fourth-order valence-electron chi connectivity index (χ4n) is 1.67. The second-order valence-corrected chi connectivity index (χ2v) is 7.91. The maximum Gasteiger partial charge on any atom is 0.216 e. The van der Waals surface area contributed by atoms with Gasteiger partial charge < -0.3 is 5.73 Å². The Balaban J connectivity index is 1.96. The van der Waals surface area contributed by atoms with E-state index < -0.39 is 10.0 Å². The number of sulfonamides is 1. The van der Waals surface area contributed by atoms with E-state index in [1.54, 1.807) is 18.2 Å². The van der Waals surface area contributed by atoms with Crippen LogP contribution in [0.15, 0.2) is 36.4 Å². The van der Waals surface area contributed by atoms with E-state index in [-0.39, 0.29) is 12.3 Å². The monoisotopic (exact) mass is 330 g/mol. The number of nitrogens with one attached hydrogen (secondary N) is 1. The summed E-state index contributed by atoms with van der Waals surface area (Å²) in [5, 5.41) is 0. The zero-order valence-electron chi connectivity index (χ0n) is 10.7. The highest BCUT2D eigenvalue weighted by atomic mass is 35.5. The molecule has 0 atom stereocenters. The number of thiophene rings is 1. The minimum atomic E-state index is -3.36. The molecule has 1 aromatic heterocycles. The van der Waals surface area contributed by atoms with Crippen LogP contribution in [-0.2, 0) is 28.9 Å². The van der Waals surface area contributed by atoms with Gasteiger partial charge in [-0.05, 0) is 23.3 Å². The molecule has 0 aliphatic heterocycles. The molecule has 108 valence electrons. The molecule has 7 heteroatoms. The zero-order chi connectivity index (χ0) is 14.6. The predicted octanol–water partition coefficient (Wildman–Crippen LogP) is 2.48. The van der Waals surface area contributed by atoms with Crippen molar-refractivity contribution in [2.45, 2.75) is 18.8 Å². The van der Waals surface area contributed by atoms with Crippen LogP contribution in [0.2, 0.25) is 4.34 Å². The number of hydrogen-bond acceptors (Lipinski definition) is 4. The molecule has 3 N–H and O–H groups in total. The van der Waals surface area contributed by atoms with Crippen LogP contribution < -0.4 is 10.5 Å². The molecule has 0 aliphatic carbocycles. The van der Waals surface area contributed by atoms with Crippen LogP contribution in [-0.4, -0.2) is 8.42 Å². The quantitative estimate of drug-likeness (QED) is 0.854. The van der Waals surface area contributed by atoms with E-state index in [1.807, 2.05) is 18.2 Å². The molecule has 0 fully saturated rings. The van der Waals surface area contributed by atoms with Gasteiger partial charge in [0, 0.05) is 18.0 Å². The molecule has 0 amide bonds. The smallest absolute Gasteiger partial charge is 0.216 e. The van der Waals surface area contributed by atoms with Crippen molar-refractivity contribution in [2.24, 2.45) is 5.73 Å². The summed E-state index contributed by atoms with van der Waals surface area (Å²) >= 11 is 7.16. The predicted molar refractivity (Wildman–Crippen MR) is 83.1 cm³/mol. The normalized spacial score (nSPS) is 11.7. The van der Waals surface area contributed by atoms with Crippen molar-refractivity contribution >= 4 is 33.0 Å². The maximum absolute atomic E-state index is 12.0. The molecule has 0 aliphatic rings. The van der Waals surface area contributed by atoms with Crippen molar-refractivity contribution in [3.05, 3.63) is 56.7 Å². The van der Waals surface area contributed by atoms with Crippen molar-refractivity contribution in [1.82, 2.24) is 4.72 Å². The van der Waals surface area contributed by atoms with Crippen molar-refractivity contribution in [2.75, 3.05) is 0 Å². The molecule has 0 saturated carbocycles. The van der Waals surface area contributed by atoms with Gasteiger partial charge in [0.1, 0.15) is 0 Å². The molecule has 2 rings (SSSR count). The Kier molecular flexibility index (Phi) is 5.17. The summed E-state index contributed by atoms with van der Waals surface area (Å²) in [4.78, 5) is 0.886. The summed E-state index contributed by atoms with van der Waals surface area (Å²) in [5.41, 5.74) is 7.22. The average Bonchev–Trinajstić information content (AvgIpc) is 2.83. The summed E-state index contributed by atoms with van der Waals surface area (Å²) in [6.07, 6.45) is 0. The Morgan fingerprint density at radius 3 is 2.30 bits per heavy atom. The minimum absolute atomic E-state index is 0.0447. The van der Waals surface area contributed by atoms with Gasteiger partial charge in [-0.25, -0.2) is 13.1 Å².